The Kier molecular flexibility index (Phi) is 6.54. The van der Waals surface area contributed by atoms with E-state index in [9.17, 15) is 4.39 Å². The number of halogens is 1. The smallest absolute Gasteiger partial charge is 0.147 e. The van der Waals surface area contributed by atoms with Gasteiger partial charge in [-0.2, -0.15) is 0 Å². The average Bonchev–Trinajstić information content (AvgIpc) is 2.65. The van der Waals surface area contributed by atoms with Crippen molar-refractivity contribution in [2.24, 2.45) is 10.7 Å². The van der Waals surface area contributed by atoms with Crippen LogP contribution in [0.1, 0.15) is 18.1 Å². The van der Waals surface area contributed by atoms with Gasteiger partial charge in [-0.25, -0.2) is 9.38 Å². The summed E-state index contributed by atoms with van der Waals surface area (Å²) in [4.78, 5) is 7.68. The molecule has 2 aromatic carbocycles. The van der Waals surface area contributed by atoms with Gasteiger partial charge in [-0.3, -0.25) is 0 Å². The lowest BCUT2D eigenvalue weighted by Crippen LogP contribution is -2.28. The first kappa shape index (κ1) is 20.2. The molecule has 0 spiro atoms. The normalized spacial score (nSPS) is 16.5. The van der Waals surface area contributed by atoms with E-state index in [1.165, 1.54) is 11.0 Å². The molecule has 1 unspecified atom stereocenters. The maximum absolute atomic E-state index is 13.9. The number of hydrogen-bond donors (Lipinski definition) is 2. The Morgan fingerprint density at radius 2 is 1.89 bits per heavy atom. The minimum Gasteiger partial charge on any atom is -0.382 e. The molecule has 0 amide bonds. The maximum Gasteiger partial charge on any atom is 0.147 e. The van der Waals surface area contributed by atoms with Gasteiger partial charge in [0, 0.05) is 22.3 Å². The Morgan fingerprint density at radius 3 is 2.57 bits per heavy atom. The molecule has 1 heterocycles. The fourth-order valence-corrected chi connectivity index (χ4v) is 4.08. The van der Waals surface area contributed by atoms with Gasteiger partial charge in [0.05, 0.1) is 17.6 Å². The number of nitrogens with zero attached hydrogens (tertiary/aromatic N) is 2. The molecule has 0 aliphatic carbocycles. The Balaban J connectivity index is 1.74. The quantitative estimate of drug-likeness (QED) is 0.720. The minimum absolute atomic E-state index is 0.297. The maximum atomic E-state index is 13.9. The highest BCUT2D eigenvalue weighted by molar-refractivity contribution is 8.00. The SMILES string of the molecule is CC(CN(C)C)Sc1ccc(C2=CN=C(N)C(=Cc3ccccc3F)N2)cc1. The van der Waals surface area contributed by atoms with Crippen LogP contribution >= 0.6 is 11.8 Å². The predicted octanol–water partition coefficient (Wildman–Crippen LogP) is 4.17. The van der Waals surface area contributed by atoms with Crippen LogP contribution < -0.4 is 11.1 Å². The molecule has 0 saturated carbocycles. The van der Waals surface area contributed by atoms with Crippen molar-refractivity contribution in [3.8, 4) is 0 Å². The molecule has 1 atom stereocenters. The van der Waals surface area contributed by atoms with E-state index in [0.717, 1.165) is 17.8 Å². The molecule has 1 aliphatic rings. The van der Waals surface area contributed by atoms with E-state index in [-0.39, 0.29) is 5.82 Å². The highest BCUT2D eigenvalue weighted by atomic mass is 32.2. The van der Waals surface area contributed by atoms with E-state index in [2.05, 4.69) is 60.5 Å². The van der Waals surface area contributed by atoms with Crippen LogP contribution in [0, 0.1) is 5.82 Å². The summed E-state index contributed by atoms with van der Waals surface area (Å²) in [7, 11) is 4.17. The van der Waals surface area contributed by atoms with E-state index in [1.54, 1.807) is 30.5 Å². The summed E-state index contributed by atoms with van der Waals surface area (Å²) in [6, 6.07) is 14.9. The lowest BCUT2D eigenvalue weighted by molar-refractivity contribution is 0.413. The molecule has 4 nitrogen and oxygen atoms in total. The first-order valence-corrected chi connectivity index (χ1v) is 9.99. The zero-order valence-corrected chi connectivity index (χ0v) is 17.1. The molecule has 6 heteroatoms. The molecule has 3 N–H and O–H groups in total. The summed E-state index contributed by atoms with van der Waals surface area (Å²) in [5, 5.41) is 3.77. The number of amidine groups is 1. The summed E-state index contributed by atoms with van der Waals surface area (Å²) in [6.07, 6.45) is 3.37. The van der Waals surface area contributed by atoms with Crippen LogP contribution in [0.3, 0.4) is 0 Å². The number of nitrogens with two attached hydrogens (primary N) is 1. The number of aliphatic imine (C=N–C) groups is 1. The van der Waals surface area contributed by atoms with Crippen LogP contribution in [0.4, 0.5) is 4.39 Å². The molecule has 0 aromatic heterocycles. The van der Waals surface area contributed by atoms with Gasteiger partial charge in [0.15, 0.2) is 0 Å². The Hall–Kier alpha value is -2.57. The second-order valence-electron chi connectivity index (χ2n) is 6.98. The van der Waals surface area contributed by atoms with E-state index in [4.69, 9.17) is 5.73 Å². The standard InChI is InChI=1S/C22H25FN4S/c1-15(14-27(2)3)28-18-10-8-16(9-11-18)21-13-25-22(24)20(26-21)12-17-6-4-5-7-19(17)23/h4-13,15,26H,14H2,1-3H3,(H2,24,25). The molecule has 0 bridgehead atoms. The van der Waals surface area contributed by atoms with Crippen molar-refractivity contribution < 1.29 is 4.39 Å². The van der Waals surface area contributed by atoms with Crippen LogP contribution in [0.25, 0.3) is 11.8 Å². The van der Waals surface area contributed by atoms with Crippen LogP contribution in [0.15, 0.2) is 70.3 Å². The number of nitrogens with one attached hydrogen (secondary N) is 1. The second kappa shape index (κ2) is 9.08. The van der Waals surface area contributed by atoms with Gasteiger partial charge in [0.25, 0.3) is 0 Å². The third-order valence-corrected chi connectivity index (χ3v) is 5.30. The van der Waals surface area contributed by atoms with Gasteiger partial charge in [0.2, 0.25) is 0 Å². The van der Waals surface area contributed by atoms with Crippen LogP contribution in [0.2, 0.25) is 0 Å². The van der Waals surface area contributed by atoms with Crippen molar-refractivity contribution >= 4 is 29.4 Å². The molecule has 3 rings (SSSR count). The highest BCUT2D eigenvalue weighted by Gasteiger charge is 2.14. The zero-order valence-electron chi connectivity index (χ0n) is 16.3. The molecule has 0 radical (unpaired) electrons. The van der Waals surface area contributed by atoms with Crippen molar-refractivity contribution in [2.75, 3.05) is 20.6 Å². The monoisotopic (exact) mass is 396 g/mol. The summed E-state index contributed by atoms with van der Waals surface area (Å²) < 4.78 is 13.9. The fraction of sp³-hybridized carbons (Fsp3) is 0.227. The Bertz CT molecular complexity index is 916. The van der Waals surface area contributed by atoms with Crippen molar-refractivity contribution in [3.05, 3.63) is 77.4 Å². The minimum atomic E-state index is -0.297. The third-order valence-electron chi connectivity index (χ3n) is 4.21. The number of thioether (sulfide) groups is 1. The molecule has 146 valence electrons. The van der Waals surface area contributed by atoms with Gasteiger partial charge in [-0.05, 0) is 43.9 Å². The molecule has 28 heavy (non-hydrogen) atoms. The molecular formula is C22H25FN4S. The first-order valence-electron chi connectivity index (χ1n) is 9.11. The van der Waals surface area contributed by atoms with Gasteiger partial charge < -0.3 is 16.0 Å². The Morgan fingerprint density at radius 1 is 1.18 bits per heavy atom. The van der Waals surface area contributed by atoms with Gasteiger partial charge in [-0.1, -0.05) is 37.3 Å². The molecule has 1 aliphatic heterocycles. The summed E-state index contributed by atoms with van der Waals surface area (Å²) in [5.74, 6) is 0.0330. The number of hydrogen-bond acceptors (Lipinski definition) is 5. The van der Waals surface area contributed by atoms with E-state index < -0.39 is 0 Å². The average molecular weight is 397 g/mol. The van der Waals surface area contributed by atoms with Gasteiger partial charge in [0.1, 0.15) is 11.7 Å². The summed E-state index contributed by atoms with van der Waals surface area (Å²) in [6.45, 7) is 3.25. The van der Waals surface area contributed by atoms with Crippen molar-refractivity contribution in [3.63, 3.8) is 0 Å². The van der Waals surface area contributed by atoms with Crippen molar-refractivity contribution in [2.45, 2.75) is 17.1 Å². The summed E-state index contributed by atoms with van der Waals surface area (Å²) >= 11 is 1.85. The van der Waals surface area contributed by atoms with E-state index in [0.29, 0.717) is 22.3 Å². The van der Waals surface area contributed by atoms with Crippen molar-refractivity contribution in [1.29, 1.82) is 0 Å². The fourth-order valence-electron chi connectivity index (χ4n) is 2.95. The van der Waals surface area contributed by atoms with Crippen molar-refractivity contribution in [1.82, 2.24) is 10.2 Å². The topological polar surface area (TPSA) is 53.6 Å². The molecule has 2 aromatic rings. The number of rotatable bonds is 6. The van der Waals surface area contributed by atoms with Crippen LogP contribution in [-0.4, -0.2) is 36.6 Å². The van der Waals surface area contributed by atoms with E-state index in [1.807, 2.05) is 11.8 Å². The second-order valence-corrected chi connectivity index (χ2v) is 8.49. The predicted molar refractivity (Wildman–Crippen MR) is 117 cm³/mol. The number of benzene rings is 2. The molecule has 0 fully saturated rings. The lowest BCUT2D eigenvalue weighted by Gasteiger charge is -2.19. The summed E-state index contributed by atoms with van der Waals surface area (Å²) in [5.41, 5.74) is 8.86. The van der Waals surface area contributed by atoms with Crippen LogP contribution in [-0.2, 0) is 0 Å². The van der Waals surface area contributed by atoms with E-state index >= 15 is 0 Å². The zero-order chi connectivity index (χ0) is 20.1. The first-order chi connectivity index (χ1) is 13.4. The third kappa shape index (κ3) is 5.24. The largest absolute Gasteiger partial charge is 0.382 e. The molecule has 0 saturated heterocycles. The Labute approximate surface area is 170 Å². The highest BCUT2D eigenvalue weighted by Crippen LogP contribution is 2.26. The van der Waals surface area contributed by atoms with Gasteiger partial charge >= 0.3 is 0 Å². The van der Waals surface area contributed by atoms with Crippen LogP contribution in [0.5, 0.6) is 0 Å². The van der Waals surface area contributed by atoms with Gasteiger partial charge in [-0.15, -0.1) is 11.8 Å². The molecular weight excluding hydrogens is 371 g/mol. The lowest BCUT2D eigenvalue weighted by atomic mass is 10.1.